The van der Waals surface area contributed by atoms with Crippen molar-refractivity contribution < 1.29 is 47.4 Å². The lowest BCUT2D eigenvalue weighted by molar-refractivity contribution is -0.136. The van der Waals surface area contributed by atoms with Crippen molar-refractivity contribution in [2.24, 2.45) is 5.92 Å². The summed E-state index contributed by atoms with van der Waals surface area (Å²) in [6, 6.07) is 24.5. The first-order chi connectivity index (χ1) is 39.3. The number of amides is 6. The number of piperazine rings is 1. The van der Waals surface area contributed by atoms with Gasteiger partial charge in [0.25, 0.3) is 17.7 Å². The lowest BCUT2D eigenvalue weighted by atomic mass is 9.91. The van der Waals surface area contributed by atoms with E-state index in [1.807, 2.05) is 94.4 Å². The van der Waals surface area contributed by atoms with Gasteiger partial charge in [0.15, 0.2) is 10.8 Å². The number of pyridine rings is 1. The van der Waals surface area contributed by atoms with Gasteiger partial charge in [0.05, 0.1) is 39.7 Å². The molecule has 6 amide bonds. The summed E-state index contributed by atoms with van der Waals surface area (Å²) in [5.74, 6) is -2.34. The van der Waals surface area contributed by atoms with Gasteiger partial charge in [-0.25, -0.2) is 19.2 Å². The largest absolute Gasteiger partial charge is 0.490 e. The zero-order valence-corrected chi connectivity index (χ0v) is 47.5. The smallest absolute Gasteiger partial charge is 0.358 e. The number of aromatic nitrogens is 2. The van der Waals surface area contributed by atoms with Crippen LogP contribution in [0.2, 0.25) is 0 Å². The molecule has 6 aromatic rings. The molecule has 20 heteroatoms. The molecule has 5 aliphatic heterocycles. The third-order valence-corrected chi connectivity index (χ3v) is 17.2. The fraction of sp³-hybridized carbons (Fsp3) is 0.403. The number of para-hydroxylation sites is 1. The number of nitrogens with one attached hydrogen (secondary N) is 2. The minimum absolute atomic E-state index is 0.00429. The van der Waals surface area contributed by atoms with Crippen molar-refractivity contribution in [1.29, 1.82) is 0 Å². The molecule has 5 aliphatic rings. The van der Waals surface area contributed by atoms with E-state index in [4.69, 9.17) is 14.5 Å². The summed E-state index contributed by atoms with van der Waals surface area (Å²) in [5.41, 5.74) is 5.13. The molecule has 426 valence electrons. The number of carbonyl (C=O) groups excluding carboxylic acids is 7. The van der Waals surface area contributed by atoms with Gasteiger partial charge in [-0.15, -0.1) is 0 Å². The van der Waals surface area contributed by atoms with E-state index < -0.39 is 47.1 Å². The van der Waals surface area contributed by atoms with Crippen LogP contribution in [0.4, 0.5) is 21.0 Å². The molecule has 2 aromatic heterocycles. The molecule has 4 aromatic carbocycles. The SMILES string of the molecule is Cc1c(O[C@H](C)CCC2CCN(CC(=O)N3CCN(c4cc5c(cc4F)C(=O)N(C4CCC(=O)NC4=O)C5=O)CC3)CC2)cccc1-c1ccc(N2CCc3cccc(C(=O)Nc4nc5ccccc5s4)c3C2)nc1C(=O)OC(C)(C)C. The van der Waals surface area contributed by atoms with Crippen molar-refractivity contribution in [3.05, 3.63) is 130 Å². The van der Waals surface area contributed by atoms with Crippen LogP contribution in [0.25, 0.3) is 21.3 Å². The molecule has 7 heterocycles. The van der Waals surface area contributed by atoms with Crippen LogP contribution in [0.1, 0.15) is 124 Å². The fourth-order valence-electron chi connectivity index (χ4n) is 11.8. The number of nitrogens with zero attached hydrogens (tertiary/aromatic N) is 7. The van der Waals surface area contributed by atoms with Crippen molar-refractivity contribution in [3.8, 4) is 16.9 Å². The van der Waals surface area contributed by atoms with Crippen molar-refractivity contribution in [3.63, 3.8) is 0 Å². The average molecular weight is 1130 g/mol. The second-order valence-electron chi connectivity index (χ2n) is 22.9. The summed E-state index contributed by atoms with van der Waals surface area (Å²) < 4.78 is 29.2. The van der Waals surface area contributed by atoms with Crippen LogP contribution in [0.5, 0.6) is 5.75 Å². The first kappa shape index (κ1) is 55.8. The number of carbonyl (C=O) groups is 7. The van der Waals surface area contributed by atoms with Crippen LogP contribution in [-0.2, 0) is 32.1 Å². The van der Waals surface area contributed by atoms with E-state index in [9.17, 15) is 33.6 Å². The highest BCUT2D eigenvalue weighted by Gasteiger charge is 2.45. The number of halogens is 1. The van der Waals surface area contributed by atoms with Crippen LogP contribution in [0.3, 0.4) is 0 Å². The molecular weight excluding hydrogens is 1070 g/mol. The molecule has 2 atom stereocenters. The second-order valence-corrected chi connectivity index (χ2v) is 24.0. The number of rotatable bonds is 14. The molecule has 1 unspecified atom stereocenters. The Morgan fingerprint density at radius 3 is 2.29 bits per heavy atom. The first-order valence-corrected chi connectivity index (χ1v) is 29.0. The van der Waals surface area contributed by atoms with Crippen LogP contribution in [0, 0.1) is 18.7 Å². The van der Waals surface area contributed by atoms with E-state index in [0.29, 0.717) is 79.4 Å². The van der Waals surface area contributed by atoms with Gasteiger partial charge in [0, 0.05) is 56.8 Å². The van der Waals surface area contributed by atoms with Crippen molar-refractivity contribution in [2.75, 3.05) is 67.5 Å². The van der Waals surface area contributed by atoms with Gasteiger partial charge in [-0.3, -0.25) is 49.2 Å². The maximum atomic E-state index is 15.6. The van der Waals surface area contributed by atoms with Gasteiger partial charge in [0.1, 0.15) is 29.0 Å². The Bertz CT molecular complexity index is 3510. The van der Waals surface area contributed by atoms with Gasteiger partial charge in [0.2, 0.25) is 17.7 Å². The van der Waals surface area contributed by atoms with Crippen LogP contribution < -0.4 is 25.2 Å². The summed E-state index contributed by atoms with van der Waals surface area (Å²) in [5, 5.41) is 5.73. The van der Waals surface area contributed by atoms with Gasteiger partial charge in [-0.05, 0) is 163 Å². The molecule has 3 saturated heterocycles. The highest BCUT2D eigenvalue weighted by Crippen LogP contribution is 2.38. The van der Waals surface area contributed by atoms with Crippen LogP contribution >= 0.6 is 11.3 Å². The predicted octanol–water partition coefficient (Wildman–Crippen LogP) is 8.59. The van der Waals surface area contributed by atoms with E-state index in [1.54, 1.807) is 9.80 Å². The molecule has 3 fully saturated rings. The Labute approximate surface area is 478 Å². The normalized spacial score (nSPS) is 18.3. The number of hydrogen-bond donors (Lipinski definition) is 2. The van der Waals surface area contributed by atoms with Crippen LogP contribution in [-0.4, -0.2) is 136 Å². The Kier molecular flexibility index (Phi) is 15.7. The van der Waals surface area contributed by atoms with Crippen molar-refractivity contribution in [1.82, 2.24) is 30.0 Å². The van der Waals surface area contributed by atoms with Gasteiger partial charge in [-0.1, -0.05) is 47.7 Å². The minimum atomic E-state index is -1.15. The summed E-state index contributed by atoms with van der Waals surface area (Å²) in [6.45, 7) is 13.9. The molecular formula is C62H66FN9O9S. The van der Waals surface area contributed by atoms with E-state index in [-0.39, 0.29) is 59.8 Å². The molecule has 0 aliphatic carbocycles. The summed E-state index contributed by atoms with van der Waals surface area (Å²) in [4.78, 5) is 111. The van der Waals surface area contributed by atoms with Gasteiger partial charge >= 0.3 is 5.97 Å². The maximum Gasteiger partial charge on any atom is 0.358 e. The molecule has 82 heavy (non-hydrogen) atoms. The molecule has 18 nitrogen and oxygen atoms in total. The first-order valence-electron chi connectivity index (χ1n) is 28.2. The lowest BCUT2D eigenvalue weighted by Gasteiger charge is -2.38. The molecule has 11 rings (SSSR count). The number of thiazole rings is 1. The van der Waals surface area contributed by atoms with Crippen molar-refractivity contribution in [2.45, 2.75) is 104 Å². The summed E-state index contributed by atoms with van der Waals surface area (Å²) in [7, 11) is 0. The predicted molar refractivity (Wildman–Crippen MR) is 309 cm³/mol. The average Bonchev–Trinajstić information content (AvgIpc) is 4.06. The Morgan fingerprint density at radius 2 is 1.55 bits per heavy atom. The van der Waals surface area contributed by atoms with Crippen molar-refractivity contribution >= 4 is 79.6 Å². The number of imide groups is 2. The van der Waals surface area contributed by atoms with Gasteiger partial charge in [-0.2, -0.15) is 0 Å². The number of likely N-dealkylation sites (tertiary alicyclic amines) is 1. The molecule has 2 N–H and O–H groups in total. The number of esters is 1. The number of fused-ring (bicyclic) bond motifs is 3. The Balaban J connectivity index is 0.674. The highest BCUT2D eigenvalue weighted by molar-refractivity contribution is 7.22. The second kappa shape index (κ2) is 23.0. The topological polar surface area (TPSA) is 204 Å². The molecule has 0 saturated carbocycles. The lowest BCUT2D eigenvalue weighted by Crippen LogP contribution is -2.54. The van der Waals surface area contributed by atoms with E-state index in [1.165, 1.54) is 17.4 Å². The molecule has 0 spiro atoms. The van der Waals surface area contributed by atoms with Crippen LogP contribution in [0.15, 0.2) is 84.9 Å². The number of hydrogen-bond acceptors (Lipinski definition) is 15. The van der Waals surface area contributed by atoms with E-state index in [2.05, 4.69) is 38.4 Å². The summed E-state index contributed by atoms with van der Waals surface area (Å²) >= 11 is 1.43. The molecule has 0 bridgehead atoms. The number of ether oxygens (including phenoxy) is 2. The maximum absolute atomic E-state index is 15.6. The Hall–Kier alpha value is -8.10. The Morgan fingerprint density at radius 1 is 0.805 bits per heavy atom. The number of anilines is 3. The molecule has 0 radical (unpaired) electrons. The summed E-state index contributed by atoms with van der Waals surface area (Å²) in [6.07, 6.45) is 4.26. The monoisotopic (exact) mass is 1130 g/mol. The van der Waals surface area contributed by atoms with E-state index >= 15 is 4.39 Å². The third-order valence-electron chi connectivity index (χ3n) is 16.3. The third kappa shape index (κ3) is 11.7. The number of benzene rings is 4. The fourth-order valence-corrected chi connectivity index (χ4v) is 12.7. The zero-order valence-electron chi connectivity index (χ0n) is 46.7. The number of piperidine rings is 2. The standard InChI is InChI=1S/C62H66FN9O9S/c1-36(16-17-38-22-25-68(26-23-38)35-54(74)70-30-28-69(29-31-70)49-33-44-43(32-46(49)63)58(77)72(59(44)78)48-19-21-53(73)66-57(48)76)80-50-14-9-11-40(37(50)2)41-18-20-52(65-55(41)60(79)81-62(3,4)5)71-27-24-39-10-8-12-42(45(39)34-71)56(75)67-61-64-47-13-6-7-15-51(47)82-61/h6-15,18,20,32-33,36,38,48H,16-17,19,21-31,34-35H2,1-5H3,(H,64,67,75)(H,66,73,76)/t36-,48?/m1/s1. The zero-order chi connectivity index (χ0) is 57.6. The van der Waals surface area contributed by atoms with E-state index in [0.717, 1.165) is 82.2 Å². The highest BCUT2D eigenvalue weighted by atomic mass is 32.1. The minimum Gasteiger partial charge on any atom is -0.490 e. The van der Waals surface area contributed by atoms with Gasteiger partial charge < -0.3 is 24.2 Å². The quantitative estimate of drug-likeness (QED) is 0.0775.